The van der Waals surface area contributed by atoms with Gasteiger partial charge in [0.2, 0.25) is 0 Å². The van der Waals surface area contributed by atoms with Crippen molar-refractivity contribution in [2.45, 2.75) is 32.6 Å². The van der Waals surface area contributed by atoms with Gasteiger partial charge in [0.05, 0.1) is 12.1 Å². The minimum absolute atomic E-state index is 0.0596. The number of aliphatic carboxylic acids is 1. The molecule has 0 unspecified atom stereocenters. The van der Waals surface area contributed by atoms with E-state index in [0.29, 0.717) is 17.2 Å². The number of hydrazone groups is 1. The van der Waals surface area contributed by atoms with Crippen LogP contribution in [0.4, 0.5) is 0 Å². The average molecular weight is 339 g/mol. The highest BCUT2D eigenvalue weighted by molar-refractivity contribution is 6.03. The third-order valence-electron chi connectivity index (χ3n) is 3.72. The molecule has 6 heteroatoms. The van der Waals surface area contributed by atoms with Crippen molar-refractivity contribution >= 4 is 17.6 Å². The summed E-state index contributed by atoms with van der Waals surface area (Å²) in [4.78, 5) is 26.8. The van der Waals surface area contributed by atoms with Crippen LogP contribution in [0, 0.1) is 0 Å². The molecule has 0 spiro atoms. The number of nitrogens with one attached hydrogen (secondary N) is 1. The number of carboxylic acid groups (broad SMARTS) is 1. The van der Waals surface area contributed by atoms with Gasteiger partial charge < -0.3 is 5.11 Å². The van der Waals surface area contributed by atoms with Gasteiger partial charge in [-0.25, -0.2) is 5.43 Å². The monoisotopic (exact) mass is 339 g/mol. The number of pyridine rings is 1. The van der Waals surface area contributed by atoms with Gasteiger partial charge in [0, 0.05) is 24.4 Å². The normalized spacial score (nSPS) is 11.4. The summed E-state index contributed by atoms with van der Waals surface area (Å²) < 4.78 is 0. The molecule has 0 aliphatic rings. The average Bonchev–Trinajstić information content (AvgIpc) is 2.62. The molecule has 0 fully saturated rings. The number of rotatable bonds is 7. The lowest BCUT2D eigenvalue weighted by molar-refractivity contribution is -0.136. The van der Waals surface area contributed by atoms with Crippen molar-refractivity contribution in [3.63, 3.8) is 0 Å². The fourth-order valence-corrected chi connectivity index (χ4v) is 2.24. The summed E-state index contributed by atoms with van der Waals surface area (Å²) in [5, 5.41) is 13.1. The molecule has 0 aliphatic carbocycles. The van der Waals surface area contributed by atoms with Crippen LogP contribution in [-0.4, -0.2) is 27.7 Å². The number of benzene rings is 1. The molecular weight excluding hydrogens is 318 g/mol. The minimum atomic E-state index is -0.910. The molecular formula is C19H21N3O3. The molecule has 0 bridgehead atoms. The first-order valence-electron chi connectivity index (χ1n) is 8.06. The maximum Gasteiger partial charge on any atom is 0.303 e. The van der Waals surface area contributed by atoms with Gasteiger partial charge in [0.15, 0.2) is 0 Å². The summed E-state index contributed by atoms with van der Waals surface area (Å²) in [7, 11) is 0. The molecule has 2 rings (SSSR count). The first-order chi connectivity index (χ1) is 12.0. The summed E-state index contributed by atoms with van der Waals surface area (Å²) in [5.74, 6) is -0.874. The molecule has 1 aromatic carbocycles. The molecule has 2 N–H and O–H groups in total. The van der Waals surface area contributed by atoms with Gasteiger partial charge in [-0.05, 0) is 29.2 Å². The van der Waals surface area contributed by atoms with Gasteiger partial charge in [-0.2, -0.15) is 5.10 Å². The number of nitrogens with zero attached hydrogens (tertiary/aromatic N) is 2. The van der Waals surface area contributed by atoms with Crippen molar-refractivity contribution in [2.75, 3.05) is 0 Å². The van der Waals surface area contributed by atoms with Crippen molar-refractivity contribution in [1.82, 2.24) is 10.4 Å². The lowest BCUT2D eigenvalue weighted by atomic mass is 9.99. The lowest BCUT2D eigenvalue weighted by Gasteiger charge is -2.09. The van der Waals surface area contributed by atoms with E-state index in [1.165, 1.54) is 18.0 Å². The van der Waals surface area contributed by atoms with E-state index in [-0.39, 0.29) is 18.7 Å². The molecule has 2 aromatic rings. The fourth-order valence-electron chi connectivity index (χ4n) is 2.24. The molecule has 0 saturated heterocycles. The molecule has 130 valence electrons. The Morgan fingerprint density at radius 1 is 1.04 bits per heavy atom. The quantitative estimate of drug-likeness (QED) is 0.598. The maximum atomic E-state index is 12.1. The highest BCUT2D eigenvalue weighted by atomic mass is 16.4. The molecule has 0 saturated carbocycles. The van der Waals surface area contributed by atoms with Gasteiger partial charge in [-0.15, -0.1) is 0 Å². The fraction of sp³-hybridized carbons (Fsp3) is 0.263. The van der Waals surface area contributed by atoms with E-state index in [9.17, 15) is 9.59 Å². The van der Waals surface area contributed by atoms with Crippen LogP contribution in [0.3, 0.4) is 0 Å². The SMILES string of the molecule is CC(C)c1ccc(/C(CCC(=O)O)=N/NC(=O)c2ccncc2)cc1. The standard InChI is InChI=1S/C19H21N3O3/c1-13(2)14-3-5-15(6-4-14)17(7-8-18(23)24)21-22-19(25)16-9-11-20-12-10-16/h3-6,9-13H,7-8H2,1-2H3,(H,22,25)(H,23,24)/b21-17+. The van der Waals surface area contributed by atoms with Crippen LogP contribution < -0.4 is 5.43 Å². The topological polar surface area (TPSA) is 91.6 Å². The van der Waals surface area contributed by atoms with E-state index in [2.05, 4.69) is 29.4 Å². The van der Waals surface area contributed by atoms with Crippen LogP contribution in [0.1, 0.15) is 54.1 Å². The van der Waals surface area contributed by atoms with E-state index >= 15 is 0 Å². The largest absolute Gasteiger partial charge is 0.481 e. The number of carbonyl (C=O) groups excluding carboxylic acids is 1. The van der Waals surface area contributed by atoms with Gasteiger partial charge in [-0.3, -0.25) is 14.6 Å². The summed E-state index contributed by atoms with van der Waals surface area (Å²) >= 11 is 0. The Hall–Kier alpha value is -3.02. The third-order valence-corrected chi connectivity index (χ3v) is 3.72. The van der Waals surface area contributed by atoms with Crippen LogP contribution in [0.25, 0.3) is 0 Å². The van der Waals surface area contributed by atoms with Crippen LogP contribution in [0.15, 0.2) is 53.9 Å². The smallest absolute Gasteiger partial charge is 0.303 e. The van der Waals surface area contributed by atoms with Gasteiger partial charge in [0.25, 0.3) is 5.91 Å². The first-order valence-corrected chi connectivity index (χ1v) is 8.06. The summed E-state index contributed by atoms with van der Waals surface area (Å²) in [6.45, 7) is 4.20. The Bertz CT molecular complexity index is 753. The number of aromatic nitrogens is 1. The second kappa shape index (κ2) is 8.73. The molecule has 1 amide bonds. The number of carbonyl (C=O) groups is 2. The summed E-state index contributed by atoms with van der Waals surface area (Å²) in [6.07, 6.45) is 3.21. The predicted octanol–water partition coefficient (Wildman–Crippen LogP) is 3.20. The number of carboxylic acids is 1. The minimum Gasteiger partial charge on any atom is -0.481 e. The van der Waals surface area contributed by atoms with Crippen LogP contribution in [0.2, 0.25) is 0 Å². The van der Waals surface area contributed by atoms with Crippen LogP contribution in [0.5, 0.6) is 0 Å². The van der Waals surface area contributed by atoms with Gasteiger partial charge >= 0.3 is 5.97 Å². The van der Waals surface area contributed by atoms with Crippen LogP contribution in [-0.2, 0) is 4.79 Å². The van der Waals surface area contributed by atoms with E-state index in [1.807, 2.05) is 24.3 Å². The van der Waals surface area contributed by atoms with E-state index in [4.69, 9.17) is 5.11 Å². The van der Waals surface area contributed by atoms with Crippen LogP contribution >= 0.6 is 0 Å². The molecule has 1 aromatic heterocycles. The zero-order valence-electron chi connectivity index (χ0n) is 14.3. The van der Waals surface area contributed by atoms with Crippen molar-refractivity contribution < 1.29 is 14.7 Å². The Morgan fingerprint density at radius 2 is 1.68 bits per heavy atom. The molecule has 25 heavy (non-hydrogen) atoms. The third kappa shape index (κ3) is 5.53. The van der Waals surface area contributed by atoms with Crippen molar-refractivity contribution in [2.24, 2.45) is 5.10 Å². The Kier molecular flexibility index (Phi) is 6.39. The number of amides is 1. The second-order valence-electron chi connectivity index (χ2n) is 5.91. The second-order valence-corrected chi connectivity index (χ2v) is 5.91. The van der Waals surface area contributed by atoms with Crippen molar-refractivity contribution in [1.29, 1.82) is 0 Å². The Labute approximate surface area is 146 Å². The number of hydrogen-bond donors (Lipinski definition) is 2. The zero-order valence-corrected chi connectivity index (χ0v) is 14.3. The molecule has 0 aliphatic heterocycles. The summed E-state index contributed by atoms with van der Waals surface area (Å²) in [5.41, 5.74) is 5.43. The van der Waals surface area contributed by atoms with E-state index in [1.54, 1.807) is 12.1 Å². The zero-order chi connectivity index (χ0) is 18.2. The van der Waals surface area contributed by atoms with Gasteiger partial charge in [0.1, 0.15) is 0 Å². The Balaban J connectivity index is 2.19. The van der Waals surface area contributed by atoms with Crippen molar-refractivity contribution in [3.8, 4) is 0 Å². The van der Waals surface area contributed by atoms with Crippen molar-refractivity contribution in [3.05, 3.63) is 65.5 Å². The highest BCUT2D eigenvalue weighted by Gasteiger charge is 2.10. The first kappa shape index (κ1) is 18.3. The molecule has 0 atom stereocenters. The summed E-state index contributed by atoms with van der Waals surface area (Å²) in [6, 6.07) is 10.9. The predicted molar refractivity (Wildman–Crippen MR) is 95.6 cm³/mol. The highest BCUT2D eigenvalue weighted by Crippen LogP contribution is 2.16. The lowest BCUT2D eigenvalue weighted by Crippen LogP contribution is -2.20. The molecule has 6 nitrogen and oxygen atoms in total. The molecule has 0 radical (unpaired) electrons. The number of hydrogen-bond acceptors (Lipinski definition) is 4. The van der Waals surface area contributed by atoms with Gasteiger partial charge in [-0.1, -0.05) is 38.1 Å². The Morgan fingerprint density at radius 3 is 2.24 bits per heavy atom. The van der Waals surface area contributed by atoms with E-state index < -0.39 is 5.97 Å². The molecule has 1 heterocycles. The maximum absolute atomic E-state index is 12.1. The van der Waals surface area contributed by atoms with E-state index in [0.717, 1.165) is 5.56 Å².